The fourth-order valence-electron chi connectivity index (χ4n) is 7.54. The van der Waals surface area contributed by atoms with E-state index in [0.717, 1.165) is 50.1 Å². The molecule has 8 rings (SSSR count). The van der Waals surface area contributed by atoms with E-state index in [1.165, 1.54) is 22.3 Å². The van der Waals surface area contributed by atoms with Gasteiger partial charge in [0.25, 0.3) is 6.33 Å². The van der Waals surface area contributed by atoms with Crippen LogP contribution in [-0.4, -0.2) is 14.1 Å². The summed E-state index contributed by atoms with van der Waals surface area (Å²) in [6.07, 6.45) is 9.60. The van der Waals surface area contributed by atoms with Crippen LogP contribution in [-0.2, 0) is 42.7 Å². The standard InChI is InChI=1S/C54H56N4O.Pt/c1-51(2,3)38-18-21-48-47(31-38)46-20-19-44(34-49(46)58(48)50-32-39(22-23-55-50)52(4,5)6)59-45-27-37(36-16-14-13-15-17-36)26-42(33-45)56-24-25-57(35-56)43-29-40(53(7,8)9)28-41(30-43)54(10,11)12;/h13-32H,1-12H3;/q-2;. The number of ether oxygens (including phenoxy) is 1. The molecular weight excluding hydrogens is 916 g/mol. The molecule has 60 heavy (non-hydrogen) atoms. The molecule has 0 fully saturated rings. The van der Waals surface area contributed by atoms with E-state index < -0.39 is 0 Å². The summed E-state index contributed by atoms with van der Waals surface area (Å²) < 4.78 is 13.1. The Balaban J connectivity index is 0.00000544. The van der Waals surface area contributed by atoms with Crippen LogP contribution in [0.3, 0.4) is 0 Å². The van der Waals surface area contributed by atoms with Crippen molar-refractivity contribution in [2.24, 2.45) is 0 Å². The average Bonchev–Trinajstić information content (AvgIpc) is 3.80. The van der Waals surface area contributed by atoms with Crippen molar-refractivity contribution in [2.45, 2.75) is 105 Å². The summed E-state index contributed by atoms with van der Waals surface area (Å²) in [5.41, 5.74) is 11.0. The molecule has 0 aliphatic carbocycles. The Morgan fingerprint density at radius 3 is 1.87 bits per heavy atom. The summed E-state index contributed by atoms with van der Waals surface area (Å²) >= 11 is 0. The Bertz CT molecular complexity index is 2800. The van der Waals surface area contributed by atoms with Crippen molar-refractivity contribution < 1.29 is 30.4 Å². The maximum Gasteiger partial charge on any atom is 0.267 e. The number of hydrogen-bond acceptors (Lipinski definition) is 2. The maximum atomic E-state index is 6.77. The summed E-state index contributed by atoms with van der Waals surface area (Å²) in [4.78, 5) is 4.92. The second-order valence-electron chi connectivity index (χ2n) is 20.0. The molecule has 3 heterocycles. The molecule has 0 aliphatic rings. The zero-order valence-electron chi connectivity index (χ0n) is 37.1. The summed E-state index contributed by atoms with van der Waals surface area (Å²) in [6, 6.07) is 44.0. The number of pyridine rings is 1. The number of rotatable bonds is 6. The van der Waals surface area contributed by atoms with Gasteiger partial charge in [-0.3, -0.25) is 4.57 Å². The third-order valence-corrected chi connectivity index (χ3v) is 11.3. The van der Waals surface area contributed by atoms with Crippen LogP contribution in [0.15, 0.2) is 122 Å². The number of aromatic nitrogens is 4. The zero-order valence-corrected chi connectivity index (χ0v) is 39.3. The van der Waals surface area contributed by atoms with E-state index in [1.54, 1.807) is 0 Å². The fourth-order valence-corrected chi connectivity index (χ4v) is 7.54. The third kappa shape index (κ3) is 8.66. The molecule has 0 atom stereocenters. The second-order valence-corrected chi connectivity index (χ2v) is 20.0. The molecule has 310 valence electrons. The summed E-state index contributed by atoms with van der Waals surface area (Å²) in [5.74, 6) is 2.03. The van der Waals surface area contributed by atoms with Crippen molar-refractivity contribution in [3.05, 3.63) is 162 Å². The van der Waals surface area contributed by atoms with Crippen LogP contribution in [0.1, 0.15) is 105 Å². The topological polar surface area (TPSA) is 35.9 Å². The number of hydrogen-bond donors (Lipinski definition) is 0. The van der Waals surface area contributed by atoms with Crippen molar-refractivity contribution in [2.75, 3.05) is 0 Å². The molecule has 5 nitrogen and oxygen atoms in total. The normalized spacial score (nSPS) is 12.5. The number of fused-ring (bicyclic) bond motifs is 3. The Morgan fingerprint density at radius 2 is 1.22 bits per heavy atom. The first-order valence-corrected chi connectivity index (χ1v) is 20.7. The van der Waals surface area contributed by atoms with Crippen molar-refractivity contribution in [3.63, 3.8) is 0 Å². The fraction of sp³-hybridized carbons (Fsp3) is 0.296. The van der Waals surface area contributed by atoms with Crippen molar-refractivity contribution in [1.29, 1.82) is 0 Å². The average molecular weight is 972 g/mol. The first kappa shape index (κ1) is 42.9. The monoisotopic (exact) mass is 971 g/mol. The van der Waals surface area contributed by atoms with Gasteiger partial charge in [0.15, 0.2) is 0 Å². The minimum absolute atomic E-state index is 0. The van der Waals surface area contributed by atoms with Gasteiger partial charge in [-0.05, 0) is 90.9 Å². The van der Waals surface area contributed by atoms with Crippen LogP contribution in [0, 0.1) is 18.5 Å². The van der Waals surface area contributed by atoms with Crippen LogP contribution < -0.4 is 9.30 Å². The van der Waals surface area contributed by atoms with Crippen molar-refractivity contribution in [1.82, 2.24) is 14.1 Å². The van der Waals surface area contributed by atoms with E-state index in [0.29, 0.717) is 11.5 Å². The van der Waals surface area contributed by atoms with E-state index >= 15 is 0 Å². The van der Waals surface area contributed by atoms with E-state index in [9.17, 15) is 0 Å². The van der Waals surface area contributed by atoms with Gasteiger partial charge in [0, 0.05) is 56.7 Å². The first-order valence-electron chi connectivity index (χ1n) is 20.7. The SMILES string of the molecule is CC(C)(C)c1cc(-[n+]2[c-]n(-c3[c-]c(Oc4[c-]c5c(cc4)c4cc(C(C)(C)C)ccc4n5-c4cc(C(C)(C)C)ccn4)cc(-c4ccccc4)c3)cc2)cc(C(C)(C)C)c1.[Pt]. The van der Waals surface area contributed by atoms with Gasteiger partial charge in [0.2, 0.25) is 0 Å². The summed E-state index contributed by atoms with van der Waals surface area (Å²) in [7, 11) is 0. The molecule has 0 saturated carbocycles. The van der Waals surface area contributed by atoms with Gasteiger partial charge in [-0.25, -0.2) is 4.98 Å². The van der Waals surface area contributed by atoms with Crippen LogP contribution in [0.25, 0.3) is 50.1 Å². The molecule has 0 amide bonds. The Labute approximate surface area is 371 Å². The van der Waals surface area contributed by atoms with Gasteiger partial charge in [-0.15, -0.1) is 35.2 Å². The molecular formula is C54H56N4OPt-2. The van der Waals surface area contributed by atoms with E-state index in [1.807, 2.05) is 29.1 Å². The molecule has 6 heteroatoms. The summed E-state index contributed by atoms with van der Waals surface area (Å²) in [5, 5.41) is 2.26. The smallest absolute Gasteiger partial charge is 0.267 e. The minimum Gasteiger partial charge on any atom is -0.510 e. The molecule has 0 spiro atoms. The quantitative estimate of drug-likeness (QED) is 0.123. The maximum absolute atomic E-state index is 6.77. The molecule has 0 aliphatic heterocycles. The molecule has 0 saturated heterocycles. The Kier molecular flexibility index (Phi) is 11.2. The van der Waals surface area contributed by atoms with Crippen LogP contribution in [0.5, 0.6) is 11.5 Å². The van der Waals surface area contributed by atoms with Gasteiger partial charge in [-0.1, -0.05) is 137 Å². The van der Waals surface area contributed by atoms with Crippen LogP contribution in [0.4, 0.5) is 0 Å². The third-order valence-electron chi connectivity index (χ3n) is 11.3. The molecule has 0 N–H and O–H groups in total. The van der Waals surface area contributed by atoms with Gasteiger partial charge in [0.1, 0.15) is 5.82 Å². The molecule has 5 aromatic carbocycles. The second kappa shape index (κ2) is 15.7. The first-order chi connectivity index (χ1) is 27.7. The van der Waals surface area contributed by atoms with Crippen LogP contribution >= 0.6 is 0 Å². The van der Waals surface area contributed by atoms with Gasteiger partial charge in [-0.2, -0.15) is 12.1 Å². The predicted molar refractivity (Wildman–Crippen MR) is 243 cm³/mol. The van der Waals surface area contributed by atoms with E-state index in [4.69, 9.17) is 9.72 Å². The van der Waals surface area contributed by atoms with E-state index in [2.05, 4.69) is 208 Å². The number of nitrogens with zero attached hydrogens (tertiary/aromatic N) is 4. The molecule has 3 aromatic heterocycles. The van der Waals surface area contributed by atoms with Gasteiger partial charge in [0.05, 0.1) is 5.69 Å². The predicted octanol–water partition coefficient (Wildman–Crippen LogP) is 13.3. The van der Waals surface area contributed by atoms with E-state index in [-0.39, 0.29) is 42.7 Å². The Hall–Kier alpha value is -5.25. The number of benzene rings is 5. The Morgan fingerprint density at radius 1 is 0.567 bits per heavy atom. The van der Waals surface area contributed by atoms with Crippen LogP contribution in [0.2, 0.25) is 0 Å². The van der Waals surface area contributed by atoms with Crippen molar-refractivity contribution in [3.8, 4) is 39.8 Å². The largest absolute Gasteiger partial charge is 0.510 e. The van der Waals surface area contributed by atoms with Crippen molar-refractivity contribution >= 4 is 21.8 Å². The summed E-state index contributed by atoms with van der Waals surface area (Å²) in [6.45, 7) is 27.1. The molecule has 0 bridgehead atoms. The minimum atomic E-state index is -0.0343. The molecule has 0 unspecified atom stereocenters. The number of imidazole rings is 1. The molecule has 8 aromatic rings. The van der Waals surface area contributed by atoms with Gasteiger partial charge >= 0.3 is 0 Å². The zero-order chi connectivity index (χ0) is 42.1. The van der Waals surface area contributed by atoms with Gasteiger partial charge < -0.3 is 13.9 Å². The molecule has 0 radical (unpaired) electrons.